The second-order valence-corrected chi connectivity index (χ2v) is 10.9. The number of carbonyl (C=O) groups excluding carboxylic acids is 1. The summed E-state index contributed by atoms with van der Waals surface area (Å²) < 4.78 is 85.9. The third-order valence-electron chi connectivity index (χ3n) is 5.70. The van der Waals surface area contributed by atoms with Gasteiger partial charge in [0, 0.05) is 23.4 Å². The average Bonchev–Trinajstić information content (AvgIpc) is 2.88. The SMILES string of the molecule is CCS(=O)(=O)c1ccc(CC(=O)Nc2ccc(-c3cccc(OC(F)(F)F)c3)c(Oc3cccc(F)c3)c2)cc1. The van der Waals surface area contributed by atoms with Crippen LogP contribution in [-0.2, 0) is 21.1 Å². The minimum atomic E-state index is -4.88. The van der Waals surface area contributed by atoms with E-state index < -0.39 is 33.7 Å². The van der Waals surface area contributed by atoms with Gasteiger partial charge in [0.1, 0.15) is 23.1 Å². The van der Waals surface area contributed by atoms with E-state index in [0.29, 0.717) is 22.4 Å². The van der Waals surface area contributed by atoms with Crippen molar-refractivity contribution in [1.29, 1.82) is 0 Å². The van der Waals surface area contributed by atoms with Crippen LogP contribution < -0.4 is 14.8 Å². The smallest absolute Gasteiger partial charge is 0.457 e. The van der Waals surface area contributed by atoms with Crippen molar-refractivity contribution in [2.75, 3.05) is 11.1 Å². The largest absolute Gasteiger partial charge is 0.573 e. The molecule has 0 saturated carbocycles. The second kappa shape index (κ2) is 11.8. The van der Waals surface area contributed by atoms with Gasteiger partial charge in [0.25, 0.3) is 0 Å². The molecule has 0 spiro atoms. The van der Waals surface area contributed by atoms with Crippen LogP contribution in [0.15, 0.2) is 95.9 Å². The van der Waals surface area contributed by atoms with Gasteiger partial charge >= 0.3 is 6.36 Å². The Labute approximate surface area is 228 Å². The zero-order chi connectivity index (χ0) is 28.9. The molecule has 0 bridgehead atoms. The van der Waals surface area contributed by atoms with Crippen LogP contribution in [0, 0.1) is 5.82 Å². The van der Waals surface area contributed by atoms with E-state index in [0.717, 1.165) is 12.1 Å². The highest BCUT2D eigenvalue weighted by Crippen LogP contribution is 2.38. The maximum Gasteiger partial charge on any atom is 0.573 e. The number of alkyl halides is 3. The molecule has 1 amide bonds. The lowest BCUT2D eigenvalue weighted by Gasteiger charge is -2.15. The Balaban J connectivity index is 1.60. The lowest BCUT2D eigenvalue weighted by atomic mass is 10.0. The van der Waals surface area contributed by atoms with Crippen LogP contribution in [0.5, 0.6) is 17.2 Å². The van der Waals surface area contributed by atoms with E-state index in [2.05, 4.69) is 10.1 Å². The molecule has 1 N–H and O–H groups in total. The second-order valence-electron chi connectivity index (χ2n) is 8.62. The van der Waals surface area contributed by atoms with Crippen LogP contribution >= 0.6 is 0 Å². The Morgan fingerprint density at radius 3 is 2.25 bits per heavy atom. The number of hydrogen-bond acceptors (Lipinski definition) is 5. The topological polar surface area (TPSA) is 81.7 Å². The predicted molar refractivity (Wildman–Crippen MR) is 142 cm³/mol. The van der Waals surface area contributed by atoms with Crippen LogP contribution in [0.25, 0.3) is 11.1 Å². The summed E-state index contributed by atoms with van der Waals surface area (Å²) in [4.78, 5) is 12.9. The van der Waals surface area contributed by atoms with E-state index in [1.54, 1.807) is 37.3 Å². The maximum atomic E-state index is 13.8. The lowest BCUT2D eigenvalue weighted by molar-refractivity contribution is -0.274. The molecule has 208 valence electrons. The number of benzene rings is 4. The Morgan fingerprint density at radius 2 is 1.57 bits per heavy atom. The van der Waals surface area contributed by atoms with Crippen LogP contribution in [-0.4, -0.2) is 26.4 Å². The van der Waals surface area contributed by atoms with E-state index in [1.807, 2.05) is 0 Å². The Bertz CT molecular complexity index is 1620. The molecule has 0 unspecified atom stereocenters. The zero-order valence-electron chi connectivity index (χ0n) is 21.0. The Morgan fingerprint density at radius 1 is 0.875 bits per heavy atom. The molecule has 4 aromatic carbocycles. The molecule has 0 aliphatic carbocycles. The van der Waals surface area contributed by atoms with Crippen molar-refractivity contribution in [3.63, 3.8) is 0 Å². The first-order valence-corrected chi connectivity index (χ1v) is 13.6. The number of amides is 1. The van der Waals surface area contributed by atoms with Gasteiger partial charge in [0.05, 0.1) is 17.1 Å². The van der Waals surface area contributed by atoms with Gasteiger partial charge < -0.3 is 14.8 Å². The summed E-state index contributed by atoms with van der Waals surface area (Å²) in [6.07, 6.45) is -4.93. The summed E-state index contributed by atoms with van der Waals surface area (Å²) in [7, 11) is -3.37. The molecule has 0 atom stereocenters. The van der Waals surface area contributed by atoms with Gasteiger partial charge in [-0.3, -0.25) is 4.79 Å². The standard InChI is InChI=1S/C29H23F4NO5S/c1-2-40(36,37)25-12-9-19(10-13-25)15-28(35)34-22-11-14-26(20-5-3-8-24(16-20)39-29(31,32)33)27(18-22)38-23-7-4-6-21(30)17-23/h3-14,16-18H,2,15H2,1H3,(H,34,35). The molecule has 0 radical (unpaired) electrons. The Kier molecular flexibility index (Phi) is 8.43. The van der Waals surface area contributed by atoms with E-state index in [1.165, 1.54) is 48.5 Å². The van der Waals surface area contributed by atoms with Crippen molar-refractivity contribution in [3.8, 4) is 28.4 Å². The quantitative estimate of drug-likeness (QED) is 0.215. The highest BCUT2D eigenvalue weighted by molar-refractivity contribution is 7.91. The number of anilines is 1. The fourth-order valence-corrected chi connectivity index (χ4v) is 4.70. The normalized spacial score (nSPS) is 11.6. The highest BCUT2D eigenvalue weighted by atomic mass is 32.2. The monoisotopic (exact) mass is 573 g/mol. The summed E-state index contributed by atoms with van der Waals surface area (Å²) >= 11 is 0. The zero-order valence-corrected chi connectivity index (χ0v) is 21.9. The predicted octanol–water partition coefficient (Wildman–Crippen LogP) is 7.16. The minimum Gasteiger partial charge on any atom is -0.457 e. The molecule has 0 aliphatic heterocycles. The van der Waals surface area contributed by atoms with Gasteiger partial charge in [-0.2, -0.15) is 0 Å². The first-order chi connectivity index (χ1) is 18.9. The third-order valence-corrected chi connectivity index (χ3v) is 7.45. The van der Waals surface area contributed by atoms with Crippen molar-refractivity contribution >= 4 is 21.4 Å². The first kappa shape index (κ1) is 28.6. The number of sulfone groups is 1. The van der Waals surface area contributed by atoms with E-state index in [4.69, 9.17) is 4.74 Å². The molecule has 0 fully saturated rings. The van der Waals surface area contributed by atoms with Gasteiger partial charge in [0.2, 0.25) is 5.91 Å². The molecule has 4 rings (SSSR count). The number of nitrogens with one attached hydrogen (secondary N) is 1. The van der Waals surface area contributed by atoms with E-state index in [9.17, 15) is 30.8 Å². The molecule has 0 saturated heterocycles. The number of hydrogen-bond donors (Lipinski definition) is 1. The van der Waals surface area contributed by atoms with Gasteiger partial charge in [-0.25, -0.2) is 12.8 Å². The fraction of sp³-hybridized carbons (Fsp3) is 0.138. The van der Waals surface area contributed by atoms with Gasteiger partial charge in [-0.15, -0.1) is 13.2 Å². The van der Waals surface area contributed by atoms with Crippen LogP contribution in [0.4, 0.5) is 23.2 Å². The molecule has 11 heteroatoms. The molecule has 0 aliphatic rings. The molecule has 6 nitrogen and oxygen atoms in total. The molecule has 0 heterocycles. The summed E-state index contributed by atoms with van der Waals surface area (Å²) in [6, 6.07) is 21.1. The van der Waals surface area contributed by atoms with Crippen molar-refractivity contribution in [2.45, 2.75) is 24.6 Å². The van der Waals surface area contributed by atoms with Crippen molar-refractivity contribution < 1.29 is 40.2 Å². The van der Waals surface area contributed by atoms with Crippen molar-refractivity contribution in [1.82, 2.24) is 0 Å². The fourth-order valence-electron chi connectivity index (χ4n) is 3.81. The van der Waals surface area contributed by atoms with Crippen LogP contribution in [0.2, 0.25) is 0 Å². The number of carbonyl (C=O) groups is 1. The molecular weight excluding hydrogens is 550 g/mol. The van der Waals surface area contributed by atoms with Gasteiger partial charge in [0.15, 0.2) is 9.84 Å². The van der Waals surface area contributed by atoms with Crippen LogP contribution in [0.1, 0.15) is 12.5 Å². The van der Waals surface area contributed by atoms with Gasteiger partial charge in [-0.05, 0) is 59.7 Å². The molecular formula is C29H23F4NO5S. The average molecular weight is 574 g/mol. The number of halogens is 4. The van der Waals surface area contributed by atoms with Crippen molar-refractivity contribution in [2.24, 2.45) is 0 Å². The van der Waals surface area contributed by atoms with E-state index in [-0.39, 0.29) is 28.6 Å². The number of rotatable bonds is 9. The van der Waals surface area contributed by atoms with Gasteiger partial charge in [-0.1, -0.05) is 37.3 Å². The van der Waals surface area contributed by atoms with Crippen LogP contribution in [0.3, 0.4) is 0 Å². The minimum absolute atomic E-state index is 0.0392. The highest BCUT2D eigenvalue weighted by Gasteiger charge is 2.31. The maximum absolute atomic E-state index is 13.8. The first-order valence-electron chi connectivity index (χ1n) is 12.0. The number of ether oxygens (including phenoxy) is 2. The molecule has 0 aromatic heterocycles. The van der Waals surface area contributed by atoms with E-state index >= 15 is 0 Å². The lowest BCUT2D eigenvalue weighted by Crippen LogP contribution is -2.17. The summed E-state index contributed by atoms with van der Waals surface area (Å²) in [5.74, 6) is -1.16. The third kappa shape index (κ3) is 7.60. The summed E-state index contributed by atoms with van der Waals surface area (Å²) in [5, 5.41) is 2.72. The summed E-state index contributed by atoms with van der Waals surface area (Å²) in [6.45, 7) is 1.54. The molecule has 4 aromatic rings. The summed E-state index contributed by atoms with van der Waals surface area (Å²) in [5.41, 5.74) is 1.59. The Hall–Kier alpha value is -4.38. The molecule has 40 heavy (non-hydrogen) atoms. The van der Waals surface area contributed by atoms with Crippen molar-refractivity contribution in [3.05, 3.63) is 102 Å².